The zero-order valence-corrected chi connectivity index (χ0v) is 19.9. The van der Waals surface area contributed by atoms with Crippen LogP contribution in [0.5, 0.6) is 6.01 Å². The normalized spacial score (nSPS) is 18.2. The minimum Gasteiger partial charge on any atom is -0.481 e. The predicted molar refractivity (Wildman–Crippen MR) is 129 cm³/mol. The summed E-state index contributed by atoms with van der Waals surface area (Å²) in [5.41, 5.74) is 2.81. The third-order valence-corrected chi connectivity index (χ3v) is 6.59. The van der Waals surface area contributed by atoms with Crippen molar-refractivity contribution in [2.45, 2.75) is 51.3 Å². The van der Waals surface area contributed by atoms with Crippen molar-refractivity contribution >= 4 is 17.0 Å². The first-order chi connectivity index (χ1) is 17.7. The highest BCUT2D eigenvalue weighted by Gasteiger charge is 2.31. The summed E-state index contributed by atoms with van der Waals surface area (Å²) >= 11 is 0. The molecule has 0 saturated heterocycles. The number of imidazole rings is 1. The van der Waals surface area contributed by atoms with Crippen LogP contribution in [0.2, 0.25) is 0 Å². The Bertz CT molecular complexity index is 1430. The fourth-order valence-corrected chi connectivity index (χ4v) is 4.67. The first-order valence-electron chi connectivity index (χ1n) is 11.9. The van der Waals surface area contributed by atoms with Gasteiger partial charge in [-0.1, -0.05) is 0 Å². The number of H-pyrrole nitrogens is 1. The number of nitrogens with one attached hydrogen (secondary N) is 1. The molecule has 8 nitrogen and oxygen atoms in total. The van der Waals surface area contributed by atoms with E-state index < -0.39 is 17.7 Å². The molecule has 192 valence electrons. The molecule has 5 rings (SSSR count). The van der Waals surface area contributed by atoms with Crippen LogP contribution in [0.15, 0.2) is 42.9 Å². The van der Waals surface area contributed by atoms with Crippen LogP contribution < -0.4 is 4.74 Å². The highest BCUT2D eigenvalue weighted by molar-refractivity contribution is 5.80. The highest BCUT2D eigenvalue weighted by atomic mass is 19.4. The maximum Gasteiger partial charge on any atom is 0.416 e. The Labute approximate surface area is 210 Å². The zero-order chi connectivity index (χ0) is 26.2. The summed E-state index contributed by atoms with van der Waals surface area (Å²) in [5.74, 6) is -0.151. The first-order valence-corrected chi connectivity index (χ1v) is 11.9. The Balaban J connectivity index is 1.27. The molecule has 0 unspecified atom stereocenters. The molecule has 2 N–H and O–H groups in total. The number of nitrogens with zero attached hydrogens (tertiary/aromatic N) is 4. The van der Waals surface area contributed by atoms with Gasteiger partial charge in [0.2, 0.25) is 0 Å². The molecule has 1 aliphatic rings. The maximum absolute atomic E-state index is 13.0. The van der Waals surface area contributed by atoms with Crippen molar-refractivity contribution in [3.05, 3.63) is 54.0 Å². The molecule has 11 heteroatoms. The van der Waals surface area contributed by atoms with Gasteiger partial charge in [0.15, 0.2) is 0 Å². The SMILES string of the molecule is Cc1cc(-c2nc3cc(C(F)(F)F)ccc3[nH]2)cnc1-c1cnc(O[C@H]2CC[C@@H](CC(=O)O)CC2)nc1. The molecule has 3 heterocycles. The summed E-state index contributed by atoms with van der Waals surface area (Å²) in [5, 5.41) is 8.95. The van der Waals surface area contributed by atoms with Gasteiger partial charge in [-0.05, 0) is 68.4 Å². The van der Waals surface area contributed by atoms with E-state index in [2.05, 4.69) is 24.9 Å². The number of carboxylic acid groups (broad SMARTS) is 1. The number of aromatic nitrogens is 5. The molecule has 0 spiro atoms. The number of aliphatic carboxylic acids is 1. The molecule has 0 aliphatic heterocycles. The third-order valence-electron chi connectivity index (χ3n) is 6.59. The van der Waals surface area contributed by atoms with E-state index in [1.54, 1.807) is 18.6 Å². The Morgan fingerprint density at radius 3 is 2.41 bits per heavy atom. The summed E-state index contributed by atoms with van der Waals surface area (Å²) in [6.07, 6.45) is 3.74. The van der Waals surface area contributed by atoms with E-state index >= 15 is 0 Å². The average Bonchev–Trinajstić information content (AvgIpc) is 3.29. The number of rotatable bonds is 6. The number of pyridine rings is 1. The topological polar surface area (TPSA) is 114 Å². The van der Waals surface area contributed by atoms with E-state index in [1.807, 2.05) is 13.0 Å². The van der Waals surface area contributed by atoms with Crippen LogP contribution in [0.3, 0.4) is 0 Å². The van der Waals surface area contributed by atoms with Crippen molar-refractivity contribution in [1.82, 2.24) is 24.9 Å². The smallest absolute Gasteiger partial charge is 0.416 e. The van der Waals surface area contributed by atoms with Gasteiger partial charge in [0, 0.05) is 36.1 Å². The van der Waals surface area contributed by atoms with E-state index in [1.165, 1.54) is 6.07 Å². The number of carboxylic acids is 1. The Morgan fingerprint density at radius 2 is 1.76 bits per heavy atom. The van der Waals surface area contributed by atoms with E-state index in [0.717, 1.165) is 43.4 Å². The fraction of sp³-hybridized carbons (Fsp3) is 0.346. The lowest BCUT2D eigenvalue weighted by molar-refractivity contribution is -0.139. The van der Waals surface area contributed by atoms with Gasteiger partial charge in [-0.2, -0.15) is 13.2 Å². The number of fused-ring (bicyclic) bond motifs is 1. The fourth-order valence-electron chi connectivity index (χ4n) is 4.67. The van der Waals surface area contributed by atoms with Crippen molar-refractivity contribution < 1.29 is 27.8 Å². The predicted octanol–water partition coefficient (Wildman–Crippen LogP) is 5.82. The van der Waals surface area contributed by atoms with Crippen LogP contribution >= 0.6 is 0 Å². The summed E-state index contributed by atoms with van der Waals surface area (Å²) in [4.78, 5) is 31.4. The minimum absolute atomic E-state index is 0.0361. The number of benzene rings is 1. The summed E-state index contributed by atoms with van der Waals surface area (Å²) in [7, 11) is 0. The number of carbonyl (C=O) groups is 1. The van der Waals surface area contributed by atoms with E-state index in [9.17, 15) is 18.0 Å². The number of hydrogen-bond donors (Lipinski definition) is 2. The number of alkyl halides is 3. The second-order valence-electron chi connectivity index (χ2n) is 9.32. The van der Waals surface area contributed by atoms with Crippen LogP contribution in [-0.2, 0) is 11.0 Å². The van der Waals surface area contributed by atoms with E-state index in [-0.39, 0.29) is 30.0 Å². The van der Waals surface area contributed by atoms with Gasteiger partial charge in [0.05, 0.1) is 22.3 Å². The minimum atomic E-state index is -4.43. The summed E-state index contributed by atoms with van der Waals surface area (Å²) in [6.45, 7) is 1.87. The Hall–Kier alpha value is -4.02. The lowest BCUT2D eigenvalue weighted by Gasteiger charge is -2.27. The summed E-state index contributed by atoms with van der Waals surface area (Å²) < 4.78 is 44.9. The Kier molecular flexibility index (Phi) is 6.53. The summed E-state index contributed by atoms with van der Waals surface area (Å²) in [6, 6.07) is 5.53. The zero-order valence-electron chi connectivity index (χ0n) is 19.9. The van der Waals surface area contributed by atoms with Gasteiger partial charge in [-0.15, -0.1) is 0 Å². The number of halogens is 3. The molecule has 37 heavy (non-hydrogen) atoms. The van der Waals surface area contributed by atoms with Crippen molar-refractivity contribution in [2.24, 2.45) is 5.92 Å². The largest absolute Gasteiger partial charge is 0.481 e. The molecule has 0 bridgehead atoms. The third kappa shape index (κ3) is 5.55. The van der Waals surface area contributed by atoms with Crippen molar-refractivity contribution in [2.75, 3.05) is 0 Å². The molecule has 0 amide bonds. The number of hydrogen-bond acceptors (Lipinski definition) is 6. The molecular weight excluding hydrogens is 487 g/mol. The maximum atomic E-state index is 13.0. The van der Waals surface area contributed by atoms with E-state index in [0.29, 0.717) is 28.2 Å². The lowest BCUT2D eigenvalue weighted by atomic mass is 9.85. The monoisotopic (exact) mass is 511 g/mol. The van der Waals surface area contributed by atoms with Gasteiger partial charge in [-0.25, -0.2) is 15.0 Å². The molecular formula is C26H24F3N5O3. The van der Waals surface area contributed by atoms with Crippen molar-refractivity contribution in [3.63, 3.8) is 0 Å². The van der Waals surface area contributed by atoms with Gasteiger partial charge in [-0.3, -0.25) is 9.78 Å². The number of aromatic amines is 1. The van der Waals surface area contributed by atoms with Crippen LogP contribution in [-0.4, -0.2) is 42.1 Å². The molecule has 1 fully saturated rings. The van der Waals surface area contributed by atoms with Crippen molar-refractivity contribution in [1.29, 1.82) is 0 Å². The van der Waals surface area contributed by atoms with Crippen LogP contribution in [0.4, 0.5) is 13.2 Å². The standard InChI is InChI=1S/C26H24F3N5O3/c1-14-8-16(24-33-20-7-4-18(26(27,28)29)10-21(20)34-24)11-30-23(14)17-12-31-25(32-13-17)37-19-5-2-15(3-6-19)9-22(35)36/h4,7-8,10-13,15,19H,2-3,5-6,9H2,1H3,(H,33,34)(H,35,36)/t15-,19+. The molecule has 3 aromatic heterocycles. The molecule has 1 aromatic carbocycles. The second kappa shape index (κ2) is 9.79. The number of aryl methyl sites for hydroxylation is 1. The Morgan fingerprint density at radius 1 is 1.05 bits per heavy atom. The van der Waals surface area contributed by atoms with Gasteiger partial charge in [0.1, 0.15) is 11.9 Å². The first kappa shape index (κ1) is 24.7. The van der Waals surface area contributed by atoms with Crippen molar-refractivity contribution in [3.8, 4) is 28.7 Å². The quantitative estimate of drug-likeness (QED) is 0.335. The molecule has 0 atom stereocenters. The molecule has 0 radical (unpaired) electrons. The van der Waals surface area contributed by atoms with Gasteiger partial charge >= 0.3 is 18.2 Å². The molecule has 4 aromatic rings. The van der Waals surface area contributed by atoms with E-state index in [4.69, 9.17) is 9.84 Å². The van der Waals surface area contributed by atoms with Gasteiger partial charge < -0.3 is 14.8 Å². The second-order valence-corrected chi connectivity index (χ2v) is 9.32. The highest BCUT2D eigenvalue weighted by Crippen LogP contribution is 2.33. The molecule has 1 aliphatic carbocycles. The molecule has 1 saturated carbocycles. The lowest BCUT2D eigenvalue weighted by Crippen LogP contribution is -2.25. The van der Waals surface area contributed by atoms with Crippen LogP contribution in [0.25, 0.3) is 33.7 Å². The van der Waals surface area contributed by atoms with Gasteiger partial charge in [0.25, 0.3) is 0 Å². The van der Waals surface area contributed by atoms with Crippen LogP contribution in [0, 0.1) is 12.8 Å². The average molecular weight is 512 g/mol. The van der Waals surface area contributed by atoms with Crippen LogP contribution in [0.1, 0.15) is 43.2 Å². The number of ether oxygens (including phenoxy) is 1.